The van der Waals surface area contributed by atoms with E-state index in [0.717, 1.165) is 0 Å². The molecule has 1 heterocycles. The van der Waals surface area contributed by atoms with Gasteiger partial charge in [-0.05, 0) is 44.2 Å². The molecule has 1 aromatic heterocycles. The summed E-state index contributed by atoms with van der Waals surface area (Å²) in [6.45, 7) is 4.44. The SMILES string of the molecule is CCn1c(SCC(=O)Nc2ccc([N+](=O)[O-])cc2)nnc1C(C)Oc1cccc(Cl)c1. The molecular formula is C20H20ClN5O4S. The molecule has 0 radical (unpaired) electrons. The molecule has 11 heteroatoms. The number of nitrogens with one attached hydrogen (secondary N) is 1. The maximum atomic E-state index is 12.3. The van der Waals surface area contributed by atoms with E-state index in [1.807, 2.05) is 24.5 Å². The van der Waals surface area contributed by atoms with Gasteiger partial charge in [0, 0.05) is 29.4 Å². The van der Waals surface area contributed by atoms with Gasteiger partial charge in [-0.25, -0.2) is 0 Å². The van der Waals surface area contributed by atoms with E-state index in [1.165, 1.54) is 36.0 Å². The van der Waals surface area contributed by atoms with E-state index in [4.69, 9.17) is 16.3 Å². The summed E-state index contributed by atoms with van der Waals surface area (Å²) in [5.74, 6) is 1.12. The minimum Gasteiger partial charge on any atom is -0.483 e. The predicted molar refractivity (Wildman–Crippen MR) is 119 cm³/mol. The summed E-state index contributed by atoms with van der Waals surface area (Å²) < 4.78 is 7.81. The van der Waals surface area contributed by atoms with Crippen LogP contribution in [0.1, 0.15) is 25.8 Å². The Morgan fingerprint density at radius 1 is 1.29 bits per heavy atom. The van der Waals surface area contributed by atoms with Crippen molar-refractivity contribution in [1.82, 2.24) is 14.8 Å². The molecule has 162 valence electrons. The Morgan fingerprint density at radius 3 is 2.68 bits per heavy atom. The fourth-order valence-electron chi connectivity index (χ4n) is 2.80. The zero-order valence-corrected chi connectivity index (χ0v) is 18.4. The summed E-state index contributed by atoms with van der Waals surface area (Å²) in [5, 5.41) is 23.0. The maximum Gasteiger partial charge on any atom is 0.269 e. The normalized spacial score (nSPS) is 11.7. The summed E-state index contributed by atoms with van der Waals surface area (Å²) in [7, 11) is 0. The second kappa shape index (κ2) is 10.3. The van der Waals surface area contributed by atoms with Crippen molar-refractivity contribution in [1.29, 1.82) is 0 Å². The first kappa shape index (κ1) is 22.6. The number of carbonyl (C=O) groups is 1. The lowest BCUT2D eigenvalue weighted by Crippen LogP contribution is -2.15. The first-order valence-electron chi connectivity index (χ1n) is 9.39. The van der Waals surface area contributed by atoms with E-state index in [1.54, 1.807) is 18.2 Å². The van der Waals surface area contributed by atoms with Crippen molar-refractivity contribution < 1.29 is 14.5 Å². The molecule has 0 aliphatic heterocycles. The van der Waals surface area contributed by atoms with Crippen LogP contribution in [0, 0.1) is 10.1 Å². The zero-order chi connectivity index (χ0) is 22.4. The Labute approximate surface area is 187 Å². The van der Waals surface area contributed by atoms with Crippen molar-refractivity contribution in [2.75, 3.05) is 11.1 Å². The molecule has 2 aromatic carbocycles. The van der Waals surface area contributed by atoms with E-state index in [0.29, 0.717) is 34.0 Å². The van der Waals surface area contributed by atoms with Gasteiger partial charge in [0.25, 0.3) is 5.69 Å². The zero-order valence-electron chi connectivity index (χ0n) is 16.8. The van der Waals surface area contributed by atoms with E-state index < -0.39 is 4.92 Å². The smallest absolute Gasteiger partial charge is 0.269 e. The molecule has 0 aliphatic carbocycles. The average Bonchev–Trinajstić information content (AvgIpc) is 3.16. The number of hydrogen-bond acceptors (Lipinski definition) is 7. The van der Waals surface area contributed by atoms with Gasteiger partial charge in [0.2, 0.25) is 5.91 Å². The van der Waals surface area contributed by atoms with Gasteiger partial charge in [-0.2, -0.15) is 0 Å². The number of rotatable bonds is 9. The van der Waals surface area contributed by atoms with E-state index in [2.05, 4.69) is 15.5 Å². The van der Waals surface area contributed by atoms with E-state index >= 15 is 0 Å². The second-order valence-electron chi connectivity index (χ2n) is 6.44. The fourth-order valence-corrected chi connectivity index (χ4v) is 3.79. The quantitative estimate of drug-likeness (QED) is 0.278. The van der Waals surface area contributed by atoms with Gasteiger partial charge in [-0.1, -0.05) is 29.4 Å². The summed E-state index contributed by atoms with van der Waals surface area (Å²) in [6.07, 6.45) is -0.366. The van der Waals surface area contributed by atoms with Gasteiger partial charge in [0.15, 0.2) is 17.1 Å². The molecule has 1 unspecified atom stereocenters. The highest BCUT2D eigenvalue weighted by molar-refractivity contribution is 7.99. The fraction of sp³-hybridized carbons (Fsp3) is 0.250. The monoisotopic (exact) mass is 461 g/mol. The molecule has 0 fully saturated rings. The predicted octanol–water partition coefficient (Wildman–Crippen LogP) is 4.73. The highest BCUT2D eigenvalue weighted by atomic mass is 35.5. The molecule has 3 rings (SSSR count). The third-order valence-corrected chi connectivity index (χ3v) is 5.43. The van der Waals surface area contributed by atoms with Crippen molar-refractivity contribution in [3.8, 4) is 5.75 Å². The van der Waals surface area contributed by atoms with Crippen LogP contribution in [0.25, 0.3) is 0 Å². The molecule has 0 aliphatic rings. The van der Waals surface area contributed by atoms with E-state index in [-0.39, 0.29) is 23.5 Å². The van der Waals surface area contributed by atoms with Gasteiger partial charge in [0.1, 0.15) is 5.75 Å². The maximum absolute atomic E-state index is 12.3. The Balaban J connectivity index is 1.61. The van der Waals surface area contributed by atoms with Gasteiger partial charge in [-0.3, -0.25) is 14.9 Å². The molecule has 1 amide bonds. The van der Waals surface area contributed by atoms with Crippen LogP contribution in [0.15, 0.2) is 53.7 Å². The molecular weight excluding hydrogens is 442 g/mol. The lowest BCUT2D eigenvalue weighted by atomic mass is 10.3. The van der Waals surface area contributed by atoms with Gasteiger partial charge in [0.05, 0.1) is 10.7 Å². The molecule has 0 bridgehead atoms. The Kier molecular flexibility index (Phi) is 7.48. The van der Waals surface area contributed by atoms with Crippen LogP contribution in [0.4, 0.5) is 11.4 Å². The Morgan fingerprint density at radius 2 is 2.03 bits per heavy atom. The third-order valence-electron chi connectivity index (χ3n) is 4.23. The van der Waals surface area contributed by atoms with Crippen LogP contribution < -0.4 is 10.1 Å². The van der Waals surface area contributed by atoms with Crippen LogP contribution in [-0.4, -0.2) is 31.3 Å². The number of non-ortho nitro benzene ring substituents is 1. The first-order chi connectivity index (χ1) is 14.9. The second-order valence-corrected chi connectivity index (χ2v) is 7.82. The van der Waals surface area contributed by atoms with Crippen LogP contribution in [0.5, 0.6) is 5.75 Å². The summed E-state index contributed by atoms with van der Waals surface area (Å²) in [6, 6.07) is 12.8. The number of benzene rings is 2. The van der Waals surface area contributed by atoms with Crippen molar-refractivity contribution in [3.63, 3.8) is 0 Å². The Hall–Kier alpha value is -3.11. The minimum absolute atomic E-state index is 0.0370. The lowest BCUT2D eigenvalue weighted by molar-refractivity contribution is -0.384. The highest BCUT2D eigenvalue weighted by Gasteiger charge is 2.19. The summed E-state index contributed by atoms with van der Waals surface area (Å²) in [5.41, 5.74) is 0.447. The lowest BCUT2D eigenvalue weighted by Gasteiger charge is -2.15. The molecule has 0 saturated carbocycles. The van der Waals surface area contributed by atoms with Gasteiger partial charge in [-0.15, -0.1) is 10.2 Å². The minimum atomic E-state index is -0.492. The van der Waals surface area contributed by atoms with Gasteiger partial charge < -0.3 is 14.6 Å². The number of amides is 1. The van der Waals surface area contributed by atoms with Crippen LogP contribution in [0.3, 0.4) is 0 Å². The number of nitro groups is 1. The average molecular weight is 462 g/mol. The van der Waals surface area contributed by atoms with Crippen LogP contribution in [-0.2, 0) is 11.3 Å². The van der Waals surface area contributed by atoms with Crippen molar-refractivity contribution in [2.45, 2.75) is 31.7 Å². The number of hydrogen-bond donors (Lipinski definition) is 1. The van der Waals surface area contributed by atoms with E-state index in [9.17, 15) is 14.9 Å². The van der Waals surface area contributed by atoms with Crippen molar-refractivity contribution in [2.24, 2.45) is 0 Å². The number of anilines is 1. The number of nitro benzene ring substituents is 1. The van der Waals surface area contributed by atoms with Crippen LogP contribution >= 0.6 is 23.4 Å². The van der Waals surface area contributed by atoms with Crippen LogP contribution in [0.2, 0.25) is 5.02 Å². The standard InChI is InChI=1S/C20H20ClN5O4S/c1-3-25-19(13(2)30-17-6-4-5-14(21)11-17)23-24-20(25)31-12-18(27)22-15-7-9-16(10-8-15)26(28)29/h4-11,13H,3,12H2,1-2H3,(H,22,27). The number of ether oxygens (including phenoxy) is 1. The number of halogens is 1. The molecule has 3 aromatic rings. The summed E-state index contributed by atoms with van der Waals surface area (Å²) >= 11 is 7.25. The van der Waals surface area contributed by atoms with Gasteiger partial charge >= 0.3 is 0 Å². The highest BCUT2D eigenvalue weighted by Crippen LogP contribution is 2.26. The molecule has 0 saturated heterocycles. The van der Waals surface area contributed by atoms with Crippen molar-refractivity contribution >= 4 is 40.6 Å². The number of thioether (sulfide) groups is 1. The molecule has 9 nitrogen and oxygen atoms in total. The molecule has 1 atom stereocenters. The first-order valence-corrected chi connectivity index (χ1v) is 10.8. The third kappa shape index (κ3) is 5.96. The number of aromatic nitrogens is 3. The topological polar surface area (TPSA) is 112 Å². The number of carbonyl (C=O) groups excluding carboxylic acids is 1. The molecule has 1 N–H and O–H groups in total. The summed E-state index contributed by atoms with van der Waals surface area (Å²) in [4.78, 5) is 22.5. The largest absolute Gasteiger partial charge is 0.483 e. The Bertz CT molecular complexity index is 1070. The number of nitrogens with zero attached hydrogens (tertiary/aromatic N) is 4. The molecule has 0 spiro atoms. The molecule has 31 heavy (non-hydrogen) atoms. The van der Waals surface area contributed by atoms with Crippen molar-refractivity contribution in [3.05, 3.63) is 69.5 Å².